The monoisotopic (exact) mass is 259 g/mol. The van der Waals surface area contributed by atoms with Gasteiger partial charge in [-0.1, -0.05) is 30.3 Å². The van der Waals surface area contributed by atoms with Crippen LogP contribution in [-0.4, -0.2) is 37.1 Å². The number of amides is 1. The van der Waals surface area contributed by atoms with Crippen molar-refractivity contribution in [3.8, 4) is 0 Å². The number of carbonyl (C=O) groups excluding carboxylic acids is 1. The molecule has 0 aromatic heterocycles. The van der Waals surface area contributed by atoms with Crippen molar-refractivity contribution < 1.29 is 9.53 Å². The molecule has 3 nitrogen and oxygen atoms in total. The van der Waals surface area contributed by atoms with Crippen LogP contribution in [0.2, 0.25) is 0 Å². The van der Waals surface area contributed by atoms with Gasteiger partial charge in [0.25, 0.3) is 0 Å². The molecule has 0 radical (unpaired) electrons. The van der Waals surface area contributed by atoms with Gasteiger partial charge < -0.3 is 9.64 Å². The Hall–Kier alpha value is -1.35. The van der Waals surface area contributed by atoms with Crippen LogP contribution in [0.15, 0.2) is 30.3 Å². The first kappa shape index (κ1) is 12.7. The summed E-state index contributed by atoms with van der Waals surface area (Å²) in [6.07, 6.45) is 3.47. The van der Waals surface area contributed by atoms with Crippen molar-refractivity contribution >= 4 is 5.91 Å². The van der Waals surface area contributed by atoms with Gasteiger partial charge in [0.05, 0.1) is 6.10 Å². The first-order valence-corrected chi connectivity index (χ1v) is 7.17. The lowest BCUT2D eigenvalue weighted by Gasteiger charge is -2.21. The molecular formula is C16H21NO2. The second-order valence-electron chi connectivity index (χ2n) is 5.71. The van der Waals surface area contributed by atoms with Crippen molar-refractivity contribution in [2.45, 2.75) is 31.3 Å². The van der Waals surface area contributed by atoms with Crippen LogP contribution in [0.1, 0.15) is 30.7 Å². The molecule has 2 aliphatic rings. The van der Waals surface area contributed by atoms with Gasteiger partial charge in [-0.25, -0.2) is 0 Å². The third kappa shape index (κ3) is 2.81. The molecule has 3 atom stereocenters. The van der Waals surface area contributed by atoms with Gasteiger partial charge in [0.15, 0.2) is 0 Å². The van der Waals surface area contributed by atoms with Gasteiger partial charge in [-0.2, -0.15) is 0 Å². The van der Waals surface area contributed by atoms with Crippen molar-refractivity contribution in [1.29, 1.82) is 0 Å². The second kappa shape index (κ2) is 5.33. The summed E-state index contributed by atoms with van der Waals surface area (Å²) in [5, 5.41) is 0. The van der Waals surface area contributed by atoms with Gasteiger partial charge in [-0.3, -0.25) is 4.79 Å². The Morgan fingerprint density at radius 2 is 2.16 bits per heavy atom. The van der Waals surface area contributed by atoms with E-state index in [1.54, 1.807) is 0 Å². The molecule has 1 aliphatic heterocycles. The van der Waals surface area contributed by atoms with Crippen molar-refractivity contribution in [1.82, 2.24) is 4.90 Å². The highest BCUT2D eigenvalue weighted by atomic mass is 16.5. The first-order chi connectivity index (χ1) is 9.25. The lowest BCUT2D eigenvalue weighted by Crippen LogP contribution is -2.35. The predicted molar refractivity (Wildman–Crippen MR) is 73.9 cm³/mol. The molecule has 0 N–H and O–H groups in total. The standard InChI is InChI=1S/C16H21NO2/c1-17(11-13-8-5-9-19-13)16(18)15-10-14(15)12-6-3-2-4-7-12/h2-4,6-7,13-15H,5,8-11H2,1H3. The van der Waals surface area contributed by atoms with Gasteiger partial charge in [0, 0.05) is 26.1 Å². The van der Waals surface area contributed by atoms with Crippen LogP contribution in [-0.2, 0) is 9.53 Å². The van der Waals surface area contributed by atoms with Gasteiger partial charge >= 0.3 is 0 Å². The molecule has 1 aliphatic carbocycles. The van der Waals surface area contributed by atoms with E-state index in [0.717, 1.165) is 32.4 Å². The number of hydrogen-bond donors (Lipinski definition) is 0. The Kier molecular flexibility index (Phi) is 3.56. The summed E-state index contributed by atoms with van der Waals surface area (Å²) in [5.41, 5.74) is 1.30. The molecule has 102 valence electrons. The maximum absolute atomic E-state index is 12.3. The van der Waals surface area contributed by atoms with Crippen LogP contribution in [0, 0.1) is 5.92 Å². The third-order valence-corrected chi connectivity index (χ3v) is 4.21. The molecule has 1 amide bonds. The zero-order chi connectivity index (χ0) is 13.2. The predicted octanol–water partition coefficient (Wildman–Crippen LogP) is 2.43. The third-order valence-electron chi connectivity index (χ3n) is 4.21. The van der Waals surface area contributed by atoms with Crippen LogP contribution >= 0.6 is 0 Å². The highest BCUT2D eigenvalue weighted by Crippen LogP contribution is 2.48. The van der Waals surface area contributed by atoms with Gasteiger partial charge in [0.1, 0.15) is 0 Å². The molecule has 1 heterocycles. The zero-order valence-electron chi connectivity index (χ0n) is 11.4. The van der Waals surface area contributed by atoms with Crippen molar-refractivity contribution in [3.63, 3.8) is 0 Å². The Balaban J connectivity index is 1.54. The topological polar surface area (TPSA) is 29.5 Å². The minimum atomic E-state index is 0.189. The number of likely N-dealkylation sites (N-methyl/N-ethyl adjacent to an activating group) is 1. The van der Waals surface area contributed by atoms with Crippen LogP contribution in [0.3, 0.4) is 0 Å². The van der Waals surface area contributed by atoms with Crippen molar-refractivity contribution in [2.24, 2.45) is 5.92 Å². The van der Waals surface area contributed by atoms with E-state index in [0.29, 0.717) is 5.92 Å². The fourth-order valence-electron chi connectivity index (χ4n) is 3.00. The molecule has 1 aromatic carbocycles. The number of benzene rings is 1. The normalized spacial score (nSPS) is 29.2. The SMILES string of the molecule is CN(CC1CCCO1)C(=O)C1CC1c1ccccc1. The quantitative estimate of drug-likeness (QED) is 0.831. The van der Waals surface area contributed by atoms with E-state index in [1.165, 1.54) is 5.56 Å². The first-order valence-electron chi connectivity index (χ1n) is 7.17. The Morgan fingerprint density at radius 3 is 2.84 bits per heavy atom. The summed E-state index contributed by atoms with van der Waals surface area (Å²) >= 11 is 0. The van der Waals surface area contributed by atoms with E-state index in [-0.39, 0.29) is 17.9 Å². The number of ether oxygens (including phenoxy) is 1. The summed E-state index contributed by atoms with van der Waals surface area (Å²) in [6, 6.07) is 10.4. The van der Waals surface area contributed by atoms with Gasteiger partial charge in [0.2, 0.25) is 5.91 Å². The largest absolute Gasteiger partial charge is 0.376 e. The summed E-state index contributed by atoms with van der Waals surface area (Å²) in [4.78, 5) is 14.2. The molecule has 0 bridgehead atoms. The minimum absolute atomic E-state index is 0.189. The average Bonchev–Trinajstić information content (AvgIpc) is 3.09. The van der Waals surface area contributed by atoms with E-state index < -0.39 is 0 Å². The maximum Gasteiger partial charge on any atom is 0.226 e. The molecule has 2 fully saturated rings. The van der Waals surface area contributed by atoms with Gasteiger partial charge in [-0.05, 0) is 30.7 Å². The molecule has 19 heavy (non-hydrogen) atoms. The number of hydrogen-bond acceptors (Lipinski definition) is 2. The second-order valence-corrected chi connectivity index (χ2v) is 5.71. The lowest BCUT2D eigenvalue weighted by atomic mass is 10.1. The lowest BCUT2D eigenvalue weighted by molar-refractivity contribution is -0.132. The Labute approximate surface area is 114 Å². The highest BCUT2D eigenvalue weighted by molar-refractivity contribution is 5.82. The molecule has 1 saturated carbocycles. The van der Waals surface area contributed by atoms with E-state index >= 15 is 0 Å². The number of carbonyl (C=O) groups is 1. The molecule has 3 heteroatoms. The van der Waals surface area contributed by atoms with Crippen LogP contribution in [0.4, 0.5) is 0 Å². The summed E-state index contributed by atoms with van der Waals surface area (Å²) in [6.45, 7) is 1.60. The highest BCUT2D eigenvalue weighted by Gasteiger charge is 2.45. The van der Waals surface area contributed by atoms with E-state index in [2.05, 4.69) is 12.1 Å². The zero-order valence-corrected chi connectivity index (χ0v) is 11.4. The van der Waals surface area contributed by atoms with Gasteiger partial charge in [-0.15, -0.1) is 0 Å². The fraction of sp³-hybridized carbons (Fsp3) is 0.562. The molecular weight excluding hydrogens is 238 g/mol. The summed E-state index contributed by atoms with van der Waals surface area (Å²) in [5.74, 6) is 0.902. The van der Waals surface area contributed by atoms with E-state index in [1.807, 2.05) is 30.1 Å². The molecule has 0 spiro atoms. The molecule has 1 aromatic rings. The summed E-state index contributed by atoms with van der Waals surface area (Å²) in [7, 11) is 1.91. The fourth-order valence-corrected chi connectivity index (χ4v) is 3.00. The number of rotatable bonds is 4. The van der Waals surface area contributed by atoms with Crippen molar-refractivity contribution in [2.75, 3.05) is 20.2 Å². The van der Waals surface area contributed by atoms with E-state index in [9.17, 15) is 4.79 Å². The summed E-state index contributed by atoms with van der Waals surface area (Å²) < 4.78 is 5.59. The van der Waals surface area contributed by atoms with E-state index in [4.69, 9.17) is 4.74 Å². The van der Waals surface area contributed by atoms with Crippen molar-refractivity contribution in [3.05, 3.63) is 35.9 Å². The number of nitrogens with zero attached hydrogens (tertiary/aromatic N) is 1. The van der Waals surface area contributed by atoms with Crippen LogP contribution in [0.5, 0.6) is 0 Å². The van der Waals surface area contributed by atoms with Crippen LogP contribution in [0.25, 0.3) is 0 Å². The average molecular weight is 259 g/mol. The molecule has 3 rings (SSSR count). The Bertz CT molecular complexity index is 439. The molecule has 1 saturated heterocycles. The Morgan fingerprint density at radius 1 is 1.37 bits per heavy atom. The maximum atomic E-state index is 12.3. The smallest absolute Gasteiger partial charge is 0.226 e. The van der Waals surface area contributed by atoms with Crippen LogP contribution < -0.4 is 0 Å². The minimum Gasteiger partial charge on any atom is -0.376 e. The molecule has 3 unspecified atom stereocenters.